The van der Waals surface area contributed by atoms with E-state index in [-0.39, 0.29) is 0 Å². The number of aromatic nitrogens is 4. The van der Waals surface area contributed by atoms with Crippen molar-refractivity contribution in [3.63, 3.8) is 0 Å². The van der Waals surface area contributed by atoms with Crippen molar-refractivity contribution in [2.24, 2.45) is 0 Å². The number of nitrogens with two attached hydrogens (primary N) is 1. The molecule has 0 radical (unpaired) electrons. The average Bonchev–Trinajstić information content (AvgIpc) is 3.00. The van der Waals surface area contributed by atoms with Crippen LogP contribution in [0.3, 0.4) is 0 Å². The molecule has 2 aromatic rings. The zero-order valence-corrected chi connectivity index (χ0v) is 10.6. The molecule has 7 nitrogen and oxygen atoms in total. The maximum absolute atomic E-state index is 5.59. The van der Waals surface area contributed by atoms with Gasteiger partial charge < -0.3 is 15.2 Å². The molecule has 0 amide bonds. The fourth-order valence-electron chi connectivity index (χ4n) is 2.01. The SMILES string of the molecule is CC1(c2cccc(Cn3ncc(N)n3)n2)OCCO1. The first-order chi connectivity index (χ1) is 9.16. The van der Waals surface area contributed by atoms with Crippen molar-refractivity contribution in [3.05, 3.63) is 35.8 Å². The van der Waals surface area contributed by atoms with E-state index in [0.29, 0.717) is 25.6 Å². The summed E-state index contributed by atoms with van der Waals surface area (Å²) in [5.41, 5.74) is 7.11. The zero-order valence-electron chi connectivity index (χ0n) is 10.6. The molecule has 1 saturated heterocycles. The number of hydrogen-bond acceptors (Lipinski definition) is 6. The van der Waals surface area contributed by atoms with Crippen molar-refractivity contribution in [3.8, 4) is 0 Å². The highest BCUT2D eigenvalue weighted by Crippen LogP contribution is 2.29. The number of rotatable bonds is 3. The number of hydrogen-bond donors (Lipinski definition) is 1. The Labute approximate surface area is 110 Å². The summed E-state index contributed by atoms with van der Waals surface area (Å²) in [6, 6.07) is 5.71. The molecule has 1 fully saturated rings. The van der Waals surface area contributed by atoms with Crippen LogP contribution in [0.5, 0.6) is 0 Å². The van der Waals surface area contributed by atoms with E-state index in [1.807, 2.05) is 25.1 Å². The summed E-state index contributed by atoms with van der Waals surface area (Å²) in [4.78, 5) is 6.04. The fourth-order valence-corrected chi connectivity index (χ4v) is 2.01. The van der Waals surface area contributed by atoms with Gasteiger partial charge in [0.2, 0.25) is 5.79 Å². The molecule has 19 heavy (non-hydrogen) atoms. The number of nitrogens with zero attached hydrogens (tertiary/aromatic N) is 4. The Morgan fingerprint density at radius 2 is 2.16 bits per heavy atom. The van der Waals surface area contributed by atoms with E-state index in [9.17, 15) is 0 Å². The van der Waals surface area contributed by atoms with Crippen LogP contribution in [-0.4, -0.2) is 33.2 Å². The molecule has 0 bridgehead atoms. The molecule has 0 saturated carbocycles. The van der Waals surface area contributed by atoms with E-state index in [1.54, 1.807) is 0 Å². The van der Waals surface area contributed by atoms with Crippen molar-refractivity contribution >= 4 is 5.82 Å². The topological polar surface area (TPSA) is 88.1 Å². The van der Waals surface area contributed by atoms with E-state index < -0.39 is 5.79 Å². The molecule has 3 heterocycles. The normalized spacial score (nSPS) is 17.7. The standard InChI is InChI=1S/C12H15N5O2/c1-12(18-5-6-19-12)10-4-2-3-9(15-10)8-17-14-7-11(13)16-17/h2-4,7H,5-6,8H2,1H3,(H2,13,16). The quantitative estimate of drug-likeness (QED) is 0.866. The molecule has 1 aliphatic rings. The van der Waals surface area contributed by atoms with Gasteiger partial charge in [-0.1, -0.05) is 6.07 Å². The first kappa shape index (κ1) is 12.1. The molecule has 3 rings (SSSR count). The summed E-state index contributed by atoms with van der Waals surface area (Å²) in [5, 5.41) is 8.06. The monoisotopic (exact) mass is 261 g/mol. The molecule has 0 unspecified atom stereocenters. The lowest BCUT2D eigenvalue weighted by Crippen LogP contribution is -2.24. The number of anilines is 1. The Morgan fingerprint density at radius 3 is 2.84 bits per heavy atom. The van der Waals surface area contributed by atoms with Crippen LogP contribution in [0.1, 0.15) is 18.3 Å². The van der Waals surface area contributed by atoms with Gasteiger partial charge in [0, 0.05) is 0 Å². The molecule has 7 heteroatoms. The lowest BCUT2D eigenvalue weighted by Gasteiger charge is -2.21. The molecule has 0 atom stereocenters. The molecule has 0 aromatic carbocycles. The molecule has 0 spiro atoms. The Bertz CT molecular complexity index is 577. The van der Waals surface area contributed by atoms with Gasteiger partial charge in [-0.15, -0.1) is 5.10 Å². The fraction of sp³-hybridized carbons (Fsp3) is 0.417. The van der Waals surface area contributed by atoms with Gasteiger partial charge in [-0.2, -0.15) is 9.90 Å². The summed E-state index contributed by atoms with van der Waals surface area (Å²) < 4.78 is 11.2. The van der Waals surface area contributed by atoms with Crippen molar-refractivity contribution in [1.29, 1.82) is 0 Å². The Hall–Kier alpha value is -1.99. The molecule has 0 aliphatic carbocycles. The van der Waals surface area contributed by atoms with E-state index in [4.69, 9.17) is 15.2 Å². The van der Waals surface area contributed by atoms with Crippen LogP contribution in [0.25, 0.3) is 0 Å². The van der Waals surface area contributed by atoms with Crippen LogP contribution < -0.4 is 5.73 Å². The van der Waals surface area contributed by atoms with Crippen LogP contribution in [-0.2, 0) is 21.8 Å². The highest BCUT2D eigenvalue weighted by Gasteiger charge is 2.34. The van der Waals surface area contributed by atoms with E-state index in [1.165, 1.54) is 11.0 Å². The zero-order chi connectivity index (χ0) is 13.3. The summed E-state index contributed by atoms with van der Waals surface area (Å²) >= 11 is 0. The number of ether oxygens (including phenoxy) is 2. The van der Waals surface area contributed by atoms with Gasteiger partial charge in [0.1, 0.15) is 6.54 Å². The van der Waals surface area contributed by atoms with Crippen molar-refractivity contribution in [1.82, 2.24) is 20.0 Å². The van der Waals surface area contributed by atoms with Gasteiger partial charge in [-0.05, 0) is 19.1 Å². The second-order valence-corrected chi connectivity index (χ2v) is 4.46. The van der Waals surface area contributed by atoms with Crippen LogP contribution in [0, 0.1) is 0 Å². The van der Waals surface area contributed by atoms with E-state index in [0.717, 1.165) is 11.4 Å². The van der Waals surface area contributed by atoms with Gasteiger partial charge >= 0.3 is 0 Å². The third-order valence-electron chi connectivity index (χ3n) is 2.97. The van der Waals surface area contributed by atoms with Gasteiger partial charge in [-0.25, -0.2) is 0 Å². The summed E-state index contributed by atoms with van der Waals surface area (Å²) in [6.07, 6.45) is 1.51. The van der Waals surface area contributed by atoms with Gasteiger partial charge in [-0.3, -0.25) is 4.98 Å². The second kappa shape index (κ2) is 4.60. The average molecular weight is 261 g/mol. The Kier molecular flexibility index (Phi) is 2.92. The minimum Gasteiger partial charge on any atom is -0.381 e. The summed E-state index contributed by atoms with van der Waals surface area (Å²) in [7, 11) is 0. The van der Waals surface area contributed by atoms with E-state index in [2.05, 4.69) is 15.2 Å². The van der Waals surface area contributed by atoms with Crippen molar-refractivity contribution < 1.29 is 9.47 Å². The van der Waals surface area contributed by atoms with Gasteiger partial charge in [0.05, 0.1) is 30.8 Å². The lowest BCUT2D eigenvalue weighted by atomic mass is 10.2. The maximum atomic E-state index is 5.59. The van der Waals surface area contributed by atoms with Crippen LogP contribution in [0.2, 0.25) is 0 Å². The predicted molar refractivity (Wildman–Crippen MR) is 67.0 cm³/mol. The third-order valence-corrected chi connectivity index (χ3v) is 2.97. The van der Waals surface area contributed by atoms with Crippen molar-refractivity contribution in [2.75, 3.05) is 18.9 Å². The molecule has 1 aliphatic heterocycles. The molecule has 100 valence electrons. The molecule has 2 N–H and O–H groups in total. The lowest BCUT2D eigenvalue weighted by molar-refractivity contribution is -0.152. The van der Waals surface area contributed by atoms with Crippen molar-refractivity contribution in [2.45, 2.75) is 19.3 Å². The molecular formula is C12H15N5O2. The first-order valence-electron chi connectivity index (χ1n) is 6.06. The Morgan fingerprint density at radius 1 is 1.37 bits per heavy atom. The highest BCUT2D eigenvalue weighted by atomic mass is 16.7. The molecular weight excluding hydrogens is 246 g/mol. The van der Waals surface area contributed by atoms with Crippen LogP contribution >= 0.6 is 0 Å². The summed E-state index contributed by atoms with van der Waals surface area (Å²) in [5.74, 6) is -0.363. The van der Waals surface area contributed by atoms with Gasteiger partial charge in [0.15, 0.2) is 5.82 Å². The van der Waals surface area contributed by atoms with Gasteiger partial charge in [0.25, 0.3) is 0 Å². The summed E-state index contributed by atoms with van der Waals surface area (Å²) in [6.45, 7) is 3.50. The van der Waals surface area contributed by atoms with Crippen LogP contribution in [0.4, 0.5) is 5.82 Å². The van der Waals surface area contributed by atoms with E-state index >= 15 is 0 Å². The number of nitrogen functional groups attached to an aromatic ring is 1. The maximum Gasteiger partial charge on any atom is 0.209 e. The first-order valence-corrected chi connectivity index (χ1v) is 6.06. The smallest absolute Gasteiger partial charge is 0.209 e. The number of pyridine rings is 1. The third kappa shape index (κ3) is 2.42. The minimum atomic E-state index is -0.757. The largest absolute Gasteiger partial charge is 0.381 e. The Balaban J connectivity index is 1.83. The minimum absolute atomic E-state index is 0.394. The highest BCUT2D eigenvalue weighted by molar-refractivity contribution is 5.20. The second-order valence-electron chi connectivity index (χ2n) is 4.46. The predicted octanol–water partition coefficient (Wildman–Crippen LogP) is 0.523. The van der Waals surface area contributed by atoms with Crippen LogP contribution in [0.15, 0.2) is 24.4 Å². The molecule has 2 aromatic heterocycles.